The van der Waals surface area contributed by atoms with Gasteiger partial charge in [0, 0.05) is 0 Å². The lowest BCUT2D eigenvalue weighted by molar-refractivity contribution is -0.145. The largest absolute Gasteiger partial charge is 0.468 e. The first-order chi connectivity index (χ1) is 6.61. The van der Waals surface area contributed by atoms with Gasteiger partial charge in [0.05, 0.1) is 13.7 Å². The van der Waals surface area contributed by atoms with E-state index in [1.54, 1.807) is 6.92 Å². The molecular formula is C8H15F2NO3. The Morgan fingerprint density at radius 3 is 2.50 bits per heavy atom. The zero-order chi connectivity index (χ0) is 11.0. The molecule has 0 aliphatic heterocycles. The fourth-order valence-corrected chi connectivity index (χ4v) is 0.874. The summed E-state index contributed by atoms with van der Waals surface area (Å²) < 4.78 is 32.5. The molecule has 0 aliphatic carbocycles. The van der Waals surface area contributed by atoms with Crippen molar-refractivity contribution in [2.75, 3.05) is 26.9 Å². The lowest BCUT2D eigenvalue weighted by Gasteiger charge is -2.15. The second-order valence-electron chi connectivity index (χ2n) is 2.56. The van der Waals surface area contributed by atoms with Crippen molar-refractivity contribution >= 4 is 5.97 Å². The highest BCUT2D eigenvalue weighted by Crippen LogP contribution is 1.95. The van der Waals surface area contributed by atoms with E-state index in [2.05, 4.69) is 14.8 Å². The predicted octanol–water partition coefficient (Wildman–Crippen LogP) is 0.419. The van der Waals surface area contributed by atoms with E-state index >= 15 is 0 Å². The van der Waals surface area contributed by atoms with Crippen LogP contribution in [0.15, 0.2) is 0 Å². The minimum atomic E-state index is -2.52. The van der Waals surface area contributed by atoms with Gasteiger partial charge in [-0.05, 0) is 6.54 Å². The van der Waals surface area contributed by atoms with Gasteiger partial charge < -0.3 is 14.8 Å². The summed E-state index contributed by atoms with van der Waals surface area (Å²) in [6.07, 6.45) is -2.52. The lowest BCUT2D eigenvalue weighted by atomic mass is 10.3. The number of halogens is 2. The standard InChI is InChI=1S/C8H15F2NO3/c1-3-11-6(8(12)13-2)4-14-5-7(9)10/h6-7,11H,3-5H2,1-2H3. The van der Waals surface area contributed by atoms with Crippen molar-refractivity contribution in [3.63, 3.8) is 0 Å². The molecule has 0 amide bonds. The minimum absolute atomic E-state index is 0.106. The molecule has 1 unspecified atom stereocenters. The molecule has 0 radical (unpaired) electrons. The summed E-state index contributed by atoms with van der Waals surface area (Å²) in [6, 6.07) is -0.677. The molecule has 0 spiro atoms. The van der Waals surface area contributed by atoms with E-state index in [-0.39, 0.29) is 6.61 Å². The maximum Gasteiger partial charge on any atom is 0.325 e. The van der Waals surface area contributed by atoms with Crippen molar-refractivity contribution < 1.29 is 23.0 Å². The van der Waals surface area contributed by atoms with Crippen LogP contribution in [0.1, 0.15) is 6.92 Å². The SMILES string of the molecule is CCNC(COCC(F)F)C(=O)OC. The second kappa shape index (κ2) is 7.64. The second-order valence-corrected chi connectivity index (χ2v) is 2.56. The van der Waals surface area contributed by atoms with Gasteiger partial charge in [0.25, 0.3) is 6.43 Å². The molecule has 1 atom stereocenters. The predicted molar refractivity (Wildman–Crippen MR) is 46.3 cm³/mol. The van der Waals surface area contributed by atoms with E-state index in [4.69, 9.17) is 0 Å². The third kappa shape index (κ3) is 5.82. The van der Waals surface area contributed by atoms with E-state index in [1.807, 2.05) is 0 Å². The smallest absolute Gasteiger partial charge is 0.325 e. The molecule has 0 aliphatic rings. The Balaban J connectivity index is 3.78. The molecule has 4 nitrogen and oxygen atoms in total. The van der Waals surface area contributed by atoms with E-state index in [0.29, 0.717) is 6.54 Å². The van der Waals surface area contributed by atoms with Gasteiger partial charge in [0.1, 0.15) is 12.6 Å². The Morgan fingerprint density at radius 2 is 2.07 bits per heavy atom. The summed E-state index contributed by atoms with van der Waals surface area (Å²) in [7, 11) is 1.24. The molecule has 0 saturated heterocycles. The molecule has 0 aromatic heterocycles. The number of rotatable bonds is 7. The van der Waals surface area contributed by atoms with Crippen LogP contribution < -0.4 is 5.32 Å². The molecule has 0 saturated carbocycles. The van der Waals surface area contributed by atoms with Gasteiger partial charge in [0.15, 0.2) is 0 Å². The van der Waals surface area contributed by atoms with E-state index in [1.165, 1.54) is 7.11 Å². The number of carbonyl (C=O) groups excluding carboxylic acids is 1. The van der Waals surface area contributed by atoms with Crippen molar-refractivity contribution in [2.24, 2.45) is 0 Å². The van der Waals surface area contributed by atoms with Crippen LogP contribution in [-0.2, 0) is 14.3 Å². The zero-order valence-corrected chi connectivity index (χ0v) is 8.26. The zero-order valence-electron chi connectivity index (χ0n) is 8.26. The van der Waals surface area contributed by atoms with E-state index in [0.717, 1.165) is 0 Å². The van der Waals surface area contributed by atoms with Gasteiger partial charge >= 0.3 is 5.97 Å². The van der Waals surface area contributed by atoms with Crippen molar-refractivity contribution in [3.8, 4) is 0 Å². The Labute approximate surface area is 81.6 Å². The molecule has 0 fully saturated rings. The summed E-state index contributed by atoms with van der Waals surface area (Å²) >= 11 is 0. The Hall–Kier alpha value is -0.750. The van der Waals surface area contributed by atoms with Crippen molar-refractivity contribution in [3.05, 3.63) is 0 Å². The minimum Gasteiger partial charge on any atom is -0.468 e. The van der Waals surface area contributed by atoms with Gasteiger partial charge in [-0.3, -0.25) is 4.79 Å². The fraction of sp³-hybridized carbons (Fsp3) is 0.875. The van der Waals surface area contributed by atoms with Crippen LogP contribution >= 0.6 is 0 Å². The average molecular weight is 211 g/mol. The van der Waals surface area contributed by atoms with Gasteiger partial charge in [-0.25, -0.2) is 8.78 Å². The quantitative estimate of drug-likeness (QED) is 0.620. The molecule has 0 bridgehead atoms. The van der Waals surface area contributed by atoms with Crippen LogP contribution in [0.4, 0.5) is 8.78 Å². The molecule has 0 heterocycles. The summed E-state index contributed by atoms with van der Waals surface area (Å²) in [5, 5.41) is 2.76. The number of ether oxygens (including phenoxy) is 2. The third-order valence-corrected chi connectivity index (χ3v) is 1.46. The number of methoxy groups -OCH3 is 1. The molecule has 6 heteroatoms. The van der Waals surface area contributed by atoms with Crippen LogP contribution in [-0.4, -0.2) is 45.3 Å². The normalized spacial score (nSPS) is 12.9. The first-order valence-electron chi connectivity index (χ1n) is 4.28. The van der Waals surface area contributed by atoms with E-state index in [9.17, 15) is 13.6 Å². The average Bonchev–Trinajstić information content (AvgIpc) is 2.15. The highest BCUT2D eigenvalue weighted by molar-refractivity contribution is 5.75. The third-order valence-electron chi connectivity index (χ3n) is 1.46. The molecule has 14 heavy (non-hydrogen) atoms. The summed E-state index contributed by atoms with van der Waals surface area (Å²) in [5.74, 6) is -0.513. The highest BCUT2D eigenvalue weighted by Gasteiger charge is 2.18. The summed E-state index contributed by atoms with van der Waals surface area (Å²) in [4.78, 5) is 11.0. The fourth-order valence-electron chi connectivity index (χ4n) is 0.874. The topological polar surface area (TPSA) is 47.6 Å². The van der Waals surface area contributed by atoms with E-state index < -0.39 is 25.0 Å². The molecule has 0 rings (SSSR count). The highest BCUT2D eigenvalue weighted by atomic mass is 19.3. The number of alkyl halides is 2. The van der Waals surface area contributed by atoms with Crippen LogP contribution in [0.2, 0.25) is 0 Å². The number of hydrogen-bond donors (Lipinski definition) is 1. The molecule has 84 valence electrons. The maximum absolute atomic E-state index is 11.7. The number of hydrogen-bond acceptors (Lipinski definition) is 4. The van der Waals surface area contributed by atoms with Gasteiger partial charge in [0.2, 0.25) is 0 Å². The lowest BCUT2D eigenvalue weighted by Crippen LogP contribution is -2.41. The number of likely N-dealkylation sites (N-methyl/N-ethyl adjacent to an activating group) is 1. The number of nitrogens with one attached hydrogen (secondary N) is 1. The van der Waals surface area contributed by atoms with Crippen molar-refractivity contribution in [1.29, 1.82) is 0 Å². The van der Waals surface area contributed by atoms with Crippen molar-refractivity contribution in [1.82, 2.24) is 5.32 Å². The summed E-state index contributed by atoms with van der Waals surface area (Å²) in [6.45, 7) is 1.56. The Bertz CT molecular complexity index is 167. The molecule has 0 aromatic carbocycles. The van der Waals surface area contributed by atoms with Gasteiger partial charge in [-0.1, -0.05) is 6.92 Å². The Morgan fingerprint density at radius 1 is 1.43 bits per heavy atom. The van der Waals surface area contributed by atoms with Crippen molar-refractivity contribution in [2.45, 2.75) is 19.4 Å². The number of esters is 1. The first kappa shape index (κ1) is 13.2. The first-order valence-corrected chi connectivity index (χ1v) is 4.28. The molecule has 0 aromatic rings. The van der Waals surface area contributed by atoms with Crippen LogP contribution in [0.25, 0.3) is 0 Å². The summed E-state index contributed by atoms with van der Waals surface area (Å²) in [5.41, 5.74) is 0. The maximum atomic E-state index is 11.7. The monoisotopic (exact) mass is 211 g/mol. The molecule has 1 N–H and O–H groups in total. The van der Waals surface area contributed by atoms with Crippen LogP contribution in [0.5, 0.6) is 0 Å². The number of carbonyl (C=O) groups is 1. The van der Waals surface area contributed by atoms with Gasteiger partial charge in [-0.2, -0.15) is 0 Å². The molecular weight excluding hydrogens is 196 g/mol. The van der Waals surface area contributed by atoms with Crippen LogP contribution in [0.3, 0.4) is 0 Å². The Kier molecular flexibility index (Phi) is 7.23. The van der Waals surface area contributed by atoms with Crippen LogP contribution in [0, 0.1) is 0 Å². The van der Waals surface area contributed by atoms with Gasteiger partial charge in [-0.15, -0.1) is 0 Å².